The van der Waals surface area contributed by atoms with Crippen LogP contribution >= 0.6 is 12.4 Å². The largest absolute Gasteiger partial charge is 0.480 e. The van der Waals surface area contributed by atoms with Gasteiger partial charge in [0.1, 0.15) is 6.54 Å². The van der Waals surface area contributed by atoms with Crippen LogP contribution in [0.5, 0.6) is 0 Å². The number of nitrogens with zero attached hydrogens (tertiary/aromatic N) is 1. The highest BCUT2D eigenvalue weighted by molar-refractivity contribution is 5.85. The molecule has 6 heteroatoms. The Hall–Kier alpha value is -0.810. The number of carboxylic acids is 1. The van der Waals surface area contributed by atoms with Gasteiger partial charge in [-0.05, 0) is 20.4 Å². The van der Waals surface area contributed by atoms with Crippen molar-refractivity contribution < 1.29 is 14.7 Å². The lowest BCUT2D eigenvalue weighted by molar-refractivity contribution is -0.138. The first-order valence-corrected chi connectivity index (χ1v) is 5.16. The lowest BCUT2D eigenvalue weighted by Gasteiger charge is -2.23. The summed E-state index contributed by atoms with van der Waals surface area (Å²) in [4.78, 5) is 23.4. The van der Waals surface area contributed by atoms with Crippen molar-refractivity contribution in [1.29, 1.82) is 0 Å². The van der Waals surface area contributed by atoms with Crippen molar-refractivity contribution in [1.82, 2.24) is 10.2 Å². The molecule has 0 aromatic rings. The monoisotopic (exact) mass is 252 g/mol. The van der Waals surface area contributed by atoms with Gasteiger partial charge in [0.05, 0.1) is 6.54 Å². The maximum Gasteiger partial charge on any atom is 0.322 e. The first kappa shape index (κ1) is 17.6. The van der Waals surface area contributed by atoms with Crippen molar-refractivity contribution >= 4 is 24.3 Å². The Balaban J connectivity index is 0. The normalized spacial score (nSPS) is 11.8. The van der Waals surface area contributed by atoms with Gasteiger partial charge in [0.25, 0.3) is 0 Å². The Labute approximate surface area is 103 Å². The zero-order valence-electron chi connectivity index (χ0n) is 10.0. The molecular weight excluding hydrogens is 232 g/mol. The molecule has 0 saturated carbocycles. The molecule has 0 aliphatic heterocycles. The van der Waals surface area contributed by atoms with Crippen molar-refractivity contribution in [2.24, 2.45) is 0 Å². The lowest BCUT2D eigenvalue weighted by atomic mass is 10.2. The minimum absolute atomic E-state index is 0. The predicted octanol–water partition coefficient (Wildman–Crippen LogP) is 0.729. The predicted molar refractivity (Wildman–Crippen MR) is 64.9 cm³/mol. The summed E-state index contributed by atoms with van der Waals surface area (Å²) in [5.74, 6) is -1.27. The third-order valence-corrected chi connectivity index (χ3v) is 2.29. The van der Waals surface area contributed by atoms with Crippen molar-refractivity contribution in [2.45, 2.75) is 32.7 Å². The number of halogens is 1. The van der Waals surface area contributed by atoms with Crippen LogP contribution in [0.3, 0.4) is 0 Å². The topological polar surface area (TPSA) is 69.6 Å². The molecule has 0 radical (unpaired) electrons. The summed E-state index contributed by atoms with van der Waals surface area (Å²) in [6.07, 6.45) is 2.10. The summed E-state index contributed by atoms with van der Waals surface area (Å²) >= 11 is 0. The van der Waals surface area contributed by atoms with E-state index in [0.717, 1.165) is 12.8 Å². The molecular formula is C10H21ClN2O3. The highest BCUT2D eigenvalue weighted by Gasteiger charge is 2.12. The molecule has 1 amide bonds. The zero-order valence-corrected chi connectivity index (χ0v) is 10.8. The second kappa shape index (κ2) is 9.42. The Morgan fingerprint density at radius 1 is 1.44 bits per heavy atom. The summed E-state index contributed by atoms with van der Waals surface area (Å²) in [5.41, 5.74) is 0. The second-order valence-corrected chi connectivity index (χ2v) is 3.72. The Morgan fingerprint density at radius 3 is 2.44 bits per heavy atom. The molecule has 16 heavy (non-hydrogen) atoms. The van der Waals surface area contributed by atoms with Gasteiger partial charge in [-0.15, -0.1) is 12.4 Å². The molecule has 0 rings (SSSR count). The van der Waals surface area contributed by atoms with Gasteiger partial charge in [0.15, 0.2) is 0 Å². The lowest BCUT2D eigenvalue weighted by Crippen LogP contribution is -2.40. The van der Waals surface area contributed by atoms with Crippen LogP contribution in [0.2, 0.25) is 0 Å². The fourth-order valence-corrected chi connectivity index (χ4v) is 1.25. The highest BCUT2D eigenvalue weighted by atomic mass is 35.5. The molecule has 0 spiro atoms. The van der Waals surface area contributed by atoms with Crippen LogP contribution in [0.25, 0.3) is 0 Å². The number of hydrogen-bond acceptors (Lipinski definition) is 3. The third-order valence-electron chi connectivity index (χ3n) is 2.29. The molecule has 0 bridgehead atoms. The molecule has 0 aliphatic rings. The number of amides is 1. The van der Waals surface area contributed by atoms with Gasteiger partial charge in [-0.1, -0.05) is 13.3 Å². The number of carbonyl (C=O) groups excluding carboxylic acids is 1. The van der Waals surface area contributed by atoms with Crippen molar-refractivity contribution in [3.63, 3.8) is 0 Å². The smallest absolute Gasteiger partial charge is 0.322 e. The molecule has 2 N–H and O–H groups in total. The van der Waals surface area contributed by atoms with Crippen LogP contribution in [-0.4, -0.2) is 48.1 Å². The Morgan fingerprint density at radius 2 is 2.00 bits per heavy atom. The molecule has 96 valence electrons. The van der Waals surface area contributed by atoms with Gasteiger partial charge in [-0.25, -0.2) is 0 Å². The van der Waals surface area contributed by atoms with Gasteiger partial charge in [-0.2, -0.15) is 0 Å². The number of aliphatic carboxylic acids is 1. The van der Waals surface area contributed by atoms with E-state index in [4.69, 9.17) is 5.11 Å². The quantitative estimate of drug-likeness (QED) is 0.701. The maximum absolute atomic E-state index is 11.3. The number of nitrogens with one attached hydrogen (secondary N) is 1. The fraction of sp³-hybridized carbons (Fsp3) is 0.800. The van der Waals surface area contributed by atoms with E-state index in [1.165, 1.54) is 0 Å². The van der Waals surface area contributed by atoms with E-state index < -0.39 is 5.97 Å². The van der Waals surface area contributed by atoms with E-state index in [-0.39, 0.29) is 31.4 Å². The molecule has 1 unspecified atom stereocenters. The summed E-state index contributed by atoms with van der Waals surface area (Å²) in [6, 6.07) is 0.338. The van der Waals surface area contributed by atoms with Crippen LogP contribution in [0, 0.1) is 0 Å². The number of hydrogen-bond donors (Lipinski definition) is 2. The van der Waals surface area contributed by atoms with Crippen molar-refractivity contribution in [2.75, 3.05) is 20.1 Å². The van der Waals surface area contributed by atoms with E-state index >= 15 is 0 Å². The standard InChI is InChI=1S/C10H20N2O3.ClH/c1-4-5-8(2)12(3)7-9(13)11-6-10(14)15;/h8H,4-7H2,1-3H3,(H,11,13)(H,14,15);1H. The molecule has 0 heterocycles. The van der Waals surface area contributed by atoms with Crippen LogP contribution < -0.4 is 5.32 Å². The van der Waals surface area contributed by atoms with E-state index in [2.05, 4.69) is 12.2 Å². The van der Waals surface area contributed by atoms with Crippen LogP contribution in [0.1, 0.15) is 26.7 Å². The van der Waals surface area contributed by atoms with Crippen molar-refractivity contribution in [3.05, 3.63) is 0 Å². The fourth-order valence-electron chi connectivity index (χ4n) is 1.25. The zero-order chi connectivity index (χ0) is 11.8. The number of rotatable bonds is 7. The molecule has 1 atom stereocenters. The van der Waals surface area contributed by atoms with Gasteiger partial charge < -0.3 is 10.4 Å². The van der Waals surface area contributed by atoms with Crippen LogP contribution in [-0.2, 0) is 9.59 Å². The van der Waals surface area contributed by atoms with Gasteiger partial charge in [0, 0.05) is 6.04 Å². The maximum atomic E-state index is 11.3. The molecule has 0 aliphatic carbocycles. The summed E-state index contributed by atoms with van der Waals surface area (Å²) in [5, 5.41) is 10.7. The summed E-state index contributed by atoms with van der Waals surface area (Å²) in [6.45, 7) is 4.08. The number of carbonyl (C=O) groups is 2. The number of carboxylic acid groups (broad SMARTS) is 1. The minimum atomic E-state index is -1.02. The SMILES string of the molecule is CCCC(C)N(C)CC(=O)NCC(=O)O.Cl. The molecule has 0 aromatic carbocycles. The van der Waals surface area contributed by atoms with E-state index in [1.54, 1.807) is 0 Å². The van der Waals surface area contributed by atoms with Gasteiger partial charge in [0.2, 0.25) is 5.91 Å². The van der Waals surface area contributed by atoms with E-state index in [0.29, 0.717) is 6.04 Å². The van der Waals surface area contributed by atoms with E-state index in [9.17, 15) is 9.59 Å². The summed E-state index contributed by atoms with van der Waals surface area (Å²) in [7, 11) is 1.86. The molecule has 0 aromatic heterocycles. The average Bonchev–Trinajstić information content (AvgIpc) is 2.15. The number of likely N-dealkylation sites (N-methyl/N-ethyl adjacent to an activating group) is 1. The van der Waals surface area contributed by atoms with Crippen LogP contribution in [0.4, 0.5) is 0 Å². The van der Waals surface area contributed by atoms with Crippen LogP contribution in [0.15, 0.2) is 0 Å². The highest BCUT2D eigenvalue weighted by Crippen LogP contribution is 2.02. The first-order valence-electron chi connectivity index (χ1n) is 5.16. The van der Waals surface area contributed by atoms with Gasteiger partial charge >= 0.3 is 5.97 Å². The Kier molecular flexibility index (Phi) is 10.3. The Bertz CT molecular complexity index is 224. The minimum Gasteiger partial charge on any atom is -0.480 e. The molecule has 0 saturated heterocycles. The molecule has 0 fully saturated rings. The first-order chi connectivity index (χ1) is 6.97. The second-order valence-electron chi connectivity index (χ2n) is 3.72. The average molecular weight is 253 g/mol. The third kappa shape index (κ3) is 8.49. The summed E-state index contributed by atoms with van der Waals surface area (Å²) < 4.78 is 0. The van der Waals surface area contributed by atoms with Crippen molar-refractivity contribution in [3.8, 4) is 0 Å². The van der Waals surface area contributed by atoms with E-state index in [1.807, 2.05) is 18.9 Å². The molecule has 5 nitrogen and oxygen atoms in total. The van der Waals surface area contributed by atoms with Gasteiger partial charge in [-0.3, -0.25) is 14.5 Å².